The maximum atomic E-state index is 12.5. The number of anilines is 2. The molecule has 12 heteroatoms. The minimum absolute atomic E-state index is 0.0479. The van der Waals surface area contributed by atoms with Gasteiger partial charge in [0.1, 0.15) is 11.6 Å². The highest BCUT2D eigenvalue weighted by Gasteiger charge is 2.35. The monoisotopic (exact) mass is 470 g/mol. The summed E-state index contributed by atoms with van der Waals surface area (Å²) in [5.41, 5.74) is 3.47. The Balaban J connectivity index is 0.000000221. The van der Waals surface area contributed by atoms with E-state index in [9.17, 15) is 31.1 Å². The lowest BCUT2D eigenvalue weighted by molar-refractivity contribution is -0.138. The van der Waals surface area contributed by atoms with Crippen LogP contribution in [0.15, 0.2) is 36.7 Å². The fourth-order valence-corrected chi connectivity index (χ4v) is 2.69. The molecule has 0 bridgehead atoms. The number of halogens is 7. The number of hydrogen-bond acceptors (Lipinski definition) is 4. The van der Waals surface area contributed by atoms with Gasteiger partial charge in [-0.1, -0.05) is 15.9 Å². The van der Waals surface area contributed by atoms with E-state index < -0.39 is 23.5 Å². The van der Waals surface area contributed by atoms with Crippen molar-refractivity contribution in [1.29, 1.82) is 0 Å². The summed E-state index contributed by atoms with van der Waals surface area (Å²) < 4.78 is 73.1. The van der Waals surface area contributed by atoms with Crippen molar-refractivity contribution >= 4 is 33.5 Å². The van der Waals surface area contributed by atoms with Gasteiger partial charge in [-0.2, -0.15) is 26.3 Å². The number of alkyl halides is 7. The number of hydrogen-bond donors (Lipinski definition) is 1. The number of nitrogens with zero attached hydrogens (tertiary/aromatic N) is 3. The molecular formula is C16H13BrF6N4O. The van der Waals surface area contributed by atoms with Crippen LogP contribution in [0.4, 0.5) is 38.0 Å². The molecule has 2 aromatic heterocycles. The minimum Gasteiger partial charge on any atom is -0.384 e. The second-order valence-corrected chi connectivity index (χ2v) is 6.72. The number of pyridine rings is 2. The van der Waals surface area contributed by atoms with Gasteiger partial charge in [-0.25, -0.2) is 9.97 Å². The van der Waals surface area contributed by atoms with E-state index >= 15 is 0 Å². The zero-order chi connectivity index (χ0) is 21.1. The maximum Gasteiger partial charge on any atom is 0.416 e. The van der Waals surface area contributed by atoms with Crippen LogP contribution < -0.4 is 10.6 Å². The molecule has 1 saturated heterocycles. The van der Waals surface area contributed by atoms with Gasteiger partial charge in [-0.05, 0) is 30.7 Å². The number of carbonyl (C=O) groups excluding carboxylic acids is 1. The lowest BCUT2D eigenvalue weighted by Crippen LogP contribution is -2.28. The molecule has 0 radical (unpaired) electrons. The van der Waals surface area contributed by atoms with E-state index in [2.05, 4.69) is 25.9 Å². The third-order valence-electron chi connectivity index (χ3n) is 3.60. The molecule has 28 heavy (non-hydrogen) atoms. The predicted octanol–water partition coefficient (Wildman–Crippen LogP) is 4.28. The summed E-state index contributed by atoms with van der Waals surface area (Å²) in [6, 6.07) is 3.44. The normalized spacial score (nSPS) is 17.3. The average molecular weight is 471 g/mol. The fraction of sp³-hybridized carbons (Fsp3) is 0.312. The molecule has 1 unspecified atom stereocenters. The first-order chi connectivity index (χ1) is 12.9. The summed E-state index contributed by atoms with van der Waals surface area (Å²) in [7, 11) is 0. The van der Waals surface area contributed by atoms with Crippen LogP contribution in [0.5, 0.6) is 0 Å². The molecule has 0 aromatic carbocycles. The Kier molecular flexibility index (Phi) is 6.52. The molecule has 0 saturated carbocycles. The van der Waals surface area contributed by atoms with Gasteiger partial charge in [0.25, 0.3) is 0 Å². The van der Waals surface area contributed by atoms with Crippen LogP contribution in [0.2, 0.25) is 0 Å². The van der Waals surface area contributed by atoms with Gasteiger partial charge in [0.2, 0.25) is 5.91 Å². The van der Waals surface area contributed by atoms with Crippen LogP contribution >= 0.6 is 15.9 Å². The van der Waals surface area contributed by atoms with Gasteiger partial charge in [0.05, 0.1) is 16.0 Å². The van der Waals surface area contributed by atoms with Crippen molar-refractivity contribution in [3.05, 3.63) is 47.8 Å². The topological polar surface area (TPSA) is 72.1 Å². The second kappa shape index (κ2) is 8.33. The first-order valence-electron chi connectivity index (χ1n) is 7.67. The number of nitrogen functional groups attached to an aromatic ring is 1. The number of amides is 1. The van der Waals surface area contributed by atoms with Crippen LogP contribution in [0.25, 0.3) is 0 Å². The molecule has 1 atom stereocenters. The summed E-state index contributed by atoms with van der Waals surface area (Å²) in [6.45, 7) is 0.378. The molecule has 2 N–H and O–H groups in total. The molecule has 1 amide bonds. The SMILES string of the molecule is Nc1cc(C(F)(F)F)ccn1.O=C1C(Br)CCN1c1cc(C(F)(F)F)ccn1. The van der Waals surface area contributed by atoms with Crippen molar-refractivity contribution in [2.75, 3.05) is 17.2 Å². The van der Waals surface area contributed by atoms with Gasteiger partial charge >= 0.3 is 12.4 Å². The van der Waals surface area contributed by atoms with E-state index in [1.807, 2.05) is 0 Å². The third kappa shape index (κ3) is 5.57. The smallest absolute Gasteiger partial charge is 0.384 e. The van der Waals surface area contributed by atoms with E-state index in [4.69, 9.17) is 5.73 Å². The summed E-state index contributed by atoms with van der Waals surface area (Å²) in [5, 5.41) is 0. The Morgan fingerprint density at radius 2 is 1.54 bits per heavy atom. The van der Waals surface area contributed by atoms with E-state index in [0.29, 0.717) is 13.0 Å². The highest BCUT2D eigenvalue weighted by atomic mass is 79.9. The summed E-state index contributed by atoms with van der Waals surface area (Å²) in [6.07, 6.45) is -6.10. The Bertz CT molecular complexity index is 842. The molecular weight excluding hydrogens is 458 g/mol. The van der Waals surface area contributed by atoms with E-state index in [-0.39, 0.29) is 22.4 Å². The average Bonchev–Trinajstić information content (AvgIpc) is 2.93. The van der Waals surface area contributed by atoms with E-state index in [1.165, 1.54) is 4.90 Å². The zero-order valence-corrected chi connectivity index (χ0v) is 15.5. The van der Waals surface area contributed by atoms with Crippen LogP contribution in [0.1, 0.15) is 17.5 Å². The molecule has 2 aromatic rings. The predicted molar refractivity (Wildman–Crippen MR) is 92.6 cm³/mol. The van der Waals surface area contributed by atoms with Gasteiger partial charge in [-0.3, -0.25) is 9.69 Å². The molecule has 3 heterocycles. The van der Waals surface area contributed by atoms with Crippen molar-refractivity contribution < 1.29 is 31.1 Å². The number of nitrogens with two attached hydrogens (primary N) is 1. The molecule has 1 fully saturated rings. The molecule has 152 valence electrons. The maximum absolute atomic E-state index is 12.5. The van der Waals surface area contributed by atoms with Gasteiger partial charge in [0.15, 0.2) is 0 Å². The van der Waals surface area contributed by atoms with Gasteiger partial charge in [0, 0.05) is 18.9 Å². The minimum atomic E-state index is -4.42. The van der Waals surface area contributed by atoms with Crippen molar-refractivity contribution in [2.45, 2.75) is 23.6 Å². The largest absolute Gasteiger partial charge is 0.416 e. The summed E-state index contributed by atoms with van der Waals surface area (Å²) >= 11 is 3.16. The third-order valence-corrected chi connectivity index (χ3v) is 4.45. The van der Waals surface area contributed by atoms with Crippen LogP contribution in [0, 0.1) is 0 Å². The molecule has 5 nitrogen and oxygen atoms in total. The van der Waals surface area contributed by atoms with Gasteiger partial charge in [-0.15, -0.1) is 0 Å². The number of carbonyl (C=O) groups is 1. The van der Waals surface area contributed by atoms with Crippen molar-refractivity contribution in [3.8, 4) is 0 Å². The lowest BCUT2D eigenvalue weighted by atomic mass is 10.2. The first kappa shape index (κ1) is 21.9. The van der Waals surface area contributed by atoms with E-state index in [1.54, 1.807) is 0 Å². The first-order valence-corrected chi connectivity index (χ1v) is 8.58. The number of aromatic nitrogens is 2. The highest BCUT2D eigenvalue weighted by Crippen LogP contribution is 2.32. The van der Waals surface area contributed by atoms with Crippen molar-refractivity contribution in [1.82, 2.24) is 9.97 Å². The Morgan fingerprint density at radius 1 is 1.00 bits per heavy atom. The number of rotatable bonds is 1. The van der Waals surface area contributed by atoms with Crippen molar-refractivity contribution in [3.63, 3.8) is 0 Å². The second-order valence-electron chi connectivity index (χ2n) is 5.61. The quantitative estimate of drug-likeness (QED) is 0.498. The molecule has 3 rings (SSSR count). The Labute approximate surface area is 163 Å². The molecule has 1 aliphatic rings. The standard InChI is InChI=1S/C10H8BrF3N2O.C6H5F3N2/c11-7-2-4-16(9(7)17)8-5-6(1-3-15-8)10(12,13)14;7-6(8,9)4-1-2-11-5(10)3-4/h1,3,5,7H,2,4H2;1-3H,(H2,10,11). The van der Waals surface area contributed by atoms with Crippen LogP contribution in [-0.4, -0.2) is 27.2 Å². The zero-order valence-electron chi connectivity index (χ0n) is 13.9. The Morgan fingerprint density at radius 3 is 1.96 bits per heavy atom. The summed E-state index contributed by atoms with van der Waals surface area (Å²) in [5.74, 6) is -0.330. The van der Waals surface area contributed by atoms with Crippen molar-refractivity contribution in [2.24, 2.45) is 0 Å². The van der Waals surface area contributed by atoms with Crippen LogP contribution in [-0.2, 0) is 17.1 Å². The van der Waals surface area contributed by atoms with Gasteiger partial charge < -0.3 is 5.73 Å². The summed E-state index contributed by atoms with van der Waals surface area (Å²) in [4.78, 5) is 19.8. The van der Waals surface area contributed by atoms with Crippen LogP contribution in [0.3, 0.4) is 0 Å². The molecule has 0 spiro atoms. The molecule has 1 aliphatic heterocycles. The van der Waals surface area contributed by atoms with E-state index in [0.717, 1.165) is 36.7 Å². The highest BCUT2D eigenvalue weighted by molar-refractivity contribution is 9.10. The Hall–Kier alpha value is -2.37. The molecule has 0 aliphatic carbocycles. The lowest BCUT2D eigenvalue weighted by Gasteiger charge is -2.16. The fourth-order valence-electron chi connectivity index (χ4n) is 2.24.